The normalized spacial score (nSPS) is 17.6. The highest BCUT2D eigenvalue weighted by Crippen LogP contribution is 2.24. The molecule has 1 fully saturated rings. The van der Waals surface area contributed by atoms with E-state index >= 15 is 0 Å². The fourth-order valence-corrected chi connectivity index (χ4v) is 3.93. The number of piperidine rings is 1. The Morgan fingerprint density at radius 2 is 2.00 bits per heavy atom. The highest BCUT2D eigenvalue weighted by atomic mass is 79.9. The lowest BCUT2D eigenvalue weighted by molar-refractivity contribution is -0.142. The van der Waals surface area contributed by atoms with Crippen LogP contribution in [0.3, 0.4) is 0 Å². The topological polar surface area (TPSA) is 86.7 Å². The van der Waals surface area contributed by atoms with E-state index in [2.05, 4.69) is 20.7 Å². The number of anilines is 1. The van der Waals surface area contributed by atoms with Crippen molar-refractivity contribution in [3.63, 3.8) is 0 Å². The second-order valence-corrected chi connectivity index (χ2v) is 7.66. The molecule has 21 heavy (non-hydrogen) atoms. The minimum absolute atomic E-state index is 0.222. The Balaban J connectivity index is 2.09. The van der Waals surface area contributed by atoms with E-state index in [1.54, 1.807) is 6.07 Å². The average molecular weight is 377 g/mol. The molecule has 1 aromatic carbocycles. The molecule has 0 aromatic heterocycles. The molecule has 0 bridgehead atoms. The Morgan fingerprint density at radius 1 is 1.38 bits per heavy atom. The summed E-state index contributed by atoms with van der Waals surface area (Å²) < 4.78 is 29.3. The van der Waals surface area contributed by atoms with Gasteiger partial charge in [-0.15, -0.1) is 0 Å². The van der Waals surface area contributed by atoms with Gasteiger partial charge in [0.15, 0.2) is 0 Å². The number of carbonyl (C=O) groups is 1. The Morgan fingerprint density at radius 3 is 2.57 bits per heavy atom. The lowest BCUT2D eigenvalue weighted by Gasteiger charge is -2.29. The molecule has 1 saturated heterocycles. The van der Waals surface area contributed by atoms with E-state index in [9.17, 15) is 13.2 Å². The van der Waals surface area contributed by atoms with E-state index in [1.165, 1.54) is 4.31 Å². The van der Waals surface area contributed by atoms with Gasteiger partial charge in [-0.05, 0) is 37.5 Å². The van der Waals surface area contributed by atoms with Crippen LogP contribution in [0, 0.1) is 12.8 Å². The Bertz CT molecular complexity index is 640. The van der Waals surface area contributed by atoms with Gasteiger partial charge in [0.1, 0.15) is 0 Å². The number of carboxylic acids is 1. The second-order valence-electron chi connectivity index (χ2n) is 5.08. The first-order valence-electron chi connectivity index (χ1n) is 6.56. The fourth-order valence-electron chi connectivity index (χ4n) is 2.25. The van der Waals surface area contributed by atoms with Crippen LogP contribution >= 0.6 is 15.9 Å². The van der Waals surface area contributed by atoms with Crippen LogP contribution in [0.15, 0.2) is 22.7 Å². The summed E-state index contributed by atoms with van der Waals surface area (Å²) in [7, 11) is -3.66. The number of rotatable bonds is 4. The molecule has 1 heterocycles. The molecular weight excluding hydrogens is 360 g/mol. The summed E-state index contributed by atoms with van der Waals surface area (Å²) in [6, 6.07) is 5.36. The zero-order chi connectivity index (χ0) is 15.6. The third kappa shape index (κ3) is 3.96. The molecule has 2 rings (SSSR count). The number of halogens is 1. The van der Waals surface area contributed by atoms with Crippen LogP contribution in [0.4, 0.5) is 5.69 Å². The average Bonchev–Trinajstić information content (AvgIpc) is 2.43. The Kier molecular flexibility index (Phi) is 4.90. The number of nitrogens with zero attached hydrogens (tertiary/aromatic N) is 1. The third-order valence-electron chi connectivity index (χ3n) is 3.58. The van der Waals surface area contributed by atoms with Crippen LogP contribution in [-0.2, 0) is 15.0 Å². The molecule has 116 valence electrons. The molecule has 0 amide bonds. The number of nitrogens with one attached hydrogen (secondary N) is 1. The van der Waals surface area contributed by atoms with Crippen molar-refractivity contribution in [2.75, 3.05) is 17.8 Å². The van der Waals surface area contributed by atoms with Crippen molar-refractivity contribution >= 4 is 37.8 Å². The summed E-state index contributed by atoms with van der Waals surface area (Å²) in [6.45, 7) is 2.26. The van der Waals surface area contributed by atoms with Crippen LogP contribution in [0.25, 0.3) is 0 Å². The van der Waals surface area contributed by atoms with Gasteiger partial charge >= 0.3 is 16.2 Å². The van der Waals surface area contributed by atoms with Crippen LogP contribution < -0.4 is 4.72 Å². The summed E-state index contributed by atoms with van der Waals surface area (Å²) >= 11 is 3.31. The van der Waals surface area contributed by atoms with E-state index in [1.807, 2.05) is 19.1 Å². The molecule has 0 spiro atoms. The van der Waals surface area contributed by atoms with Crippen molar-refractivity contribution in [2.24, 2.45) is 5.92 Å². The lowest BCUT2D eigenvalue weighted by Crippen LogP contribution is -2.43. The van der Waals surface area contributed by atoms with Gasteiger partial charge in [-0.3, -0.25) is 9.52 Å². The molecule has 8 heteroatoms. The quantitative estimate of drug-likeness (QED) is 0.843. The molecule has 1 aromatic rings. The number of aryl methyl sites for hydroxylation is 1. The molecule has 2 N–H and O–H groups in total. The van der Waals surface area contributed by atoms with Crippen molar-refractivity contribution in [3.05, 3.63) is 28.2 Å². The molecule has 0 aliphatic carbocycles. The molecule has 1 aliphatic rings. The molecule has 6 nitrogen and oxygen atoms in total. The smallest absolute Gasteiger partial charge is 0.306 e. The lowest BCUT2D eigenvalue weighted by atomic mass is 9.99. The van der Waals surface area contributed by atoms with Crippen molar-refractivity contribution < 1.29 is 18.3 Å². The summed E-state index contributed by atoms with van der Waals surface area (Å²) in [5.41, 5.74) is 1.34. The first kappa shape index (κ1) is 16.3. The first-order valence-corrected chi connectivity index (χ1v) is 8.80. The third-order valence-corrected chi connectivity index (χ3v) is 5.60. The van der Waals surface area contributed by atoms with E-state index in [0.717, 1.165) is 10.0 Å². The van der Waals surface area contributed by atoms with Crippen LogP contribution in [-0.4, -0.2) is 36.9 Å². The zero-order valence-electron chi connectivity index (χ0n) is 11.5. The number of aliphatic carboxylic acids is 1. The van der Waals surface area contributed by atoms with E-state index in [4.69, 9.17) is 5.11 Å². The minimum atomic E-state index is -3.66. The van der Waals surface area contributed by atoms with Crippen LogP contribution in [0.2, 0.25) is 0 Å². The van der Waals surface area contributed by atoms with Crippen molar-refractivity contribution in [3.8, 4) is 0 Å². The van der Waals surface area contributed by atoms with Gasteiger partial charge in [0.05, 0.1) is 11.6 Å². The molecular formula is C13H17BrN2O4S. The predicted molar refractivity (Wildman–Crippen MR) is 83.4 cm³/mol. The predicted octanol–water partition coefficient (Wildman–Crippen LogP) is 2.21. The number of hydrogen-bond acceptors (Lipinski definition) is 3. The summed E-state index contributed by atoms with van der Waals surface area (Å²) in [4.78, 5) is 10.9. The zero-order valence-corrected chi connectivity index (χ0v) is 13.9. The van der Waals surface area contributed by atoms with Gasteiger partial charge in [-0.25, -0.2) is 0 Å². The monoisotopic (exact) mass is 376 g/mol. The molecule has 0 unspecified atom stereocenters. The molecule has 0 atom stereocenters. The number of hydrogen-bond donors (Lipinski definition) is 2. The van der Waals surface area contributed by atoms with Crippen molar-refractivity contribution in [1.29, 1.82) is 0 Å². The number of benzene rings is 1. The molecule has 1 aliphatic heterocycles. The van der Waals surface area contributed by atoms with Crippen LogP contribution in [0.5, 0.6) is 0 Å². The van der Waals surface area contributed by atoms with Crippen LogP contribution in [0.1, 0.15) is 18.4 Å². The Hall–Kier alpha value is -1.12. The van der Waals surface area contributed by atoms with Gasteiger partial charge in [0, 0.05) is 17.6 Å². The van der Waals surface area contributed by atoms with E-state index in [0.29, 0.717) is 18.5 Å². The fraction of sp³-hybridized carbons (Fsp3) is 0.462. The SMILES string of the molecule is Cc1ccc(Br)cc1NS(=O)(=O)N1CCC(C(=O)O)CC1. The maximum absolute atomic E-state index is 12.3. The highest BCUT2D eigenvalue weighted by molar-refractivity contribution is 9.10. The van der Waals surface area contributed by atoms with E-state index < -0.39 is 22.1 Å². The van der Waals surface area contributed by atoms with E-state index in [-0.39, 0.29) is 13.1 Å². The highest BCUT2D eigenvalue weighted by Gasteiger charge is 2.31. The number of carboxylic acid groups (broad SMARTS) is 1. The molecule has 0 radical (unpaired) electrons. The van der Waals surface area contributed by atoms with Crippen molar-refractivity contribution in [2.45, 2.75) is 19.8 Å². The molecule has 0 saturated carbocycles. The largest absolute Gasteiger partial charge is 0.481 e. The maximum atomic E-state index is 12.3. The Labute approximate surface area is 132 Å². The van der Waals surface area contributed by atoms with Gasteiger partial charge in [0.25, 0.3) is 0 Å². The summed E-state index contributed by atoms with van der Waals surface area (Å²) in [6.07, 6.45) is 0.682. The van der Waals surface area contributed by atoms with Gasteiger partial charge < -0.3 is 5.11 Å². The van der Waals surface area contributed by atoms with Gasteiger partial charge in [-0.1, -0.05) is 22.0 Å². The minimum Gasteiger partial charge on any atom is -0.481 e. The van der Waals surface area contributed by atoms with Gasteiger partial charge in [-0.2, -0.15) is 12.7 Å². The van der Waals surface area contributed by atoms with Gasteiger partial charge in [0.2, 0.25) is 0 Å². The summed E-state index contributed by atoms with van der Waals surface area (Å²) in [5.74, 6) is -1.31. The maximum Gasteiger partial charge on any atom is 0.306 e. The standard InChI is InChI=1S/C13H17BrN2O4S/c1-9-2-3-11(14)8-12(9)15-21(19,20)16-6-4-10(5-7-16)13(17)18/h2-3,8,10,15H,4-7H2,1H3,(H,17,18). The second kappa shape index (κ2) is 6.33. The van der Waals surface area contributed by atoms with Crippen molar-refractivity contribution in [1.82, 2.24) is 4.31 Å². The summed E-state index contributed by atoms with van der Waals surface area (Å²) in [5, 5.41) is 8.94. The first-order chi connectivity index (χ1) is 9.79.